The molecule has 2 rings (SSSR count). The summed E-state index contributed by atoms with van der Waals surface area (Å²) in [4.78, 5) is 4.23. The quantitative estimate of drug-likeness (QED) is 0.822. The lowest BCUT2D eigenvalue weighted by Crippen LogP contribution is -2.36. The Morgan fingerprint density at radius 3 is 3.00 bits per heavy atom. The van der Waals surface area contributed by atoms with Gasteiger partial charge in [0.1, 0.15) is 5.03 Å². The molecule has 15 heavy (non-hydrogen) atoms. The number of hydrogen-bond acceptors (Lipinski definition) is 3. The van der Waals surface area contributed by atoms with Gasteiger partial charge in [-0.25, -0.2) is 4.98 Å². The molecule has 1 aliphatic rings. The fourth-order valence-corrected chi connectivity index (χ4v) is 3.10. The maximum atomic E-state index is 12.1. The third-order valence-corrected chi connectivity index (χ3v) is 4.31. The van der Waals surface area contributed by atoms with Gasteiger partial charge in [-0.15, -0.1) is 0 Å². The first kappa shape index (κ1) is 10.8. The molecular weight excluding hydrogens is 208 g/mol. The number of aryl methyl sites for hydroxylation is 1. The van der Waals surface area contributed by atoms with E-state index in [4.69, 9.17) is 0 Å². The van der Waals surface area contributed by atoms with E-state index >= 15 is 0 Å². The SMILES string of the molecule is Cc1ccc([S@@](=O)[C@H]2CCCNC2)nc1. The predicted molar refractivity (Wildman–Crippen MR) is 61.3 cm³/mol. The van der Waals surface area contributed by atoms with Crippen molar-refractivity contribution in [3.8, 4) is 0 Å². The van der Waals surface area contributed by atoms with Gasteiger partial charge in [0.2, 0.25) is 0 Å². The molecule has 0 saturated carbocycles. The maximum absolute atomic E-state index is 12.1. The van der Waals surface area contributed by atoms with Crippen LogP contribution in [0.2, 0.25) is 0 Å². The summed E-state index contributed by atoms with van der Waals surface area (Å²) in [5.41, 5.74) is 1.11. The third-order valence-electron chi connectivity index (χ3n) is 2.64. The minimum absolute atomic E-state index is 0.231. The van der Waals surface area contributed by atoms with Crippen molar-refractivity contribution in [3.63, 3.8) is 0 Å². The van der Waals surface area contributed by atoms with Crippen LogP contribution in [0.25, 0.3) is 0 Å². The van der Waals surface area contributed by atoms with Crippen LogP contribution >= 0.6 is 0 Å². The minimum atomic E-state index is -0.952. The van der Waals surface area contributed by atoms with Gasteiger partial charge in [0.05, 0.1) is 16.0 Å². The van der Waals surface area contributed by atoms with Crippen molar-refractivity contribution in [1.29, 1.82) is 0 Å². The lowest BCUT2D eigenvalue weighted by atomic mass is 10.2. The highest BCUT2D eigenvalue weighted by molar-refractivity contribution is 7.85. The van der Waals surface area contributed by atoms with Crippen LogP contribution in [0.3, 0.4) is 0 Å². The number of hydrogen-bond donors (Lipinski definition) is 1. The number of aromatic nitrogens is 1. The van der Waals surface area contributed by atoms with Crippen molar-refractivity contribution in [2.75, 3.05) is 13.1 Å². The molecule has 0 spiro atoms. The molecule has 0 unspecified atom stereocenters. The van der Waals surface area contributed by atoms with Gasteiger partial charge in [-0.05, 0) is 37.9 Å². The van der Waals surface area contributed by atoms with Gasteiger partial charge in [0.15, 0.2) is 0 Å². The number of pyridine rings is 1. The molecule has 0 bridgehead atoms. The normalized spacial score (nSPS) is 23.7. The summed E-state index contributed by atoms with van der Waals surface area (Å²) in [6.07, 6.45) is 3.93. The molecule has 0 radical (unpaired) electrons. The highest BCUT2D eigenvalue weighted by Gasteiger charge is 2.21. The van der Waals surface area contributed by atoms with Gasteiger partial charge >= 0.3 is 0 Å². The van der Waals surface area contributed by atoms with Gasteiger partial charge in [-0.3, -0.25) is 4.21 Å². The minimum Gasteiger partial charge on any atom is -0.316 e. The van der Waals surface area contributed by atoms with E-state index in [1.165, 1.54) is 0 Å². The molecule has 82 valence electrons. The number of piperidine rings is 1. The van der Waals surface area contributed by atoms with Crippen molar-refractivity contribution < 1.29 is 4.21 Å². The van der Waals surface area contributed by atoms with Crippen LogP contribution in [-0.2, 0) is 10.8 Å². The summed E-state index contributed by atoms with van der Waals surface area (Å²) >= 11 is 0. The topological polar surface area (TPSA) is 42.0 Å². The van der Waals surface area contributed by atoms with Crippen LogP contribution in [0.5, 0.6) is 0 Å². The first-order valence-electron chi connectivity index (χ1n) is 5.31. The predicted octanol–water partition coefficient (Wildman–Crippen LogP) is 1.25. The van der Waals surface area contributed by atoms with Crippen LogP contribution < -0.4 is 5.32 Å². The standard InChI is InChI=1S/C11H16N2OS/c1-9-4-5-11(13-7-9)15(14)10-3-2-6-12-8-10/h4-5,7,10,12H,2-3,6,8H2,1H3/t10-,15-/m0/s1. The molecule has 4 heteroatoms. The second kappa shape index (κ2) is 4.86. The Balaban J connectivity index is 2.09. The van der Waals surface area contributed by atoms with Crippen LogP contribution in [0, 0.1) is 6.92 Å². The smallest absolute Gasteiger partial charge is 0.127 e. The Hall–Kier alpha value is -0.740. The average Bonchev–Trinajstić information content (AvgIpc) is 2.30. The third kappa shape index (κ3) is 2.63. The van der Waals surface area contributed by atoms with Gasteiger partial charge in [0, 0.05) is 12.7 Å². The van der Waals surface area contributed by atoms with E-state index in [9.17, 15) is 4.21 Å². The number of rotatable bonds is 2. The molecule has 1 N–H and O–H groups in total. The molecule has 3 nitrogen and oxygen atoms in total. The summed E-state index contributed by atoms with van der Waals surface area (Å²) in [7, 11) is -0.952. The van der Waals surface area contributed by atoms with E-state index in [1.54, 1.807) is 6.20 Å². The largest absolute Gasteiger partial charge is 0.316 e. The summed E-state index contributed by atoms with van der Waals surface area (Å²) in [6.45, 7) is 3.89. The van der Waals surface area contributed by atoms with Crippen LogP contribution in [0.15, 0.2) is 23.4 Å². The second-order valence-corrected chi connectivity index (χ2v) is 5.62. The number of nitrogens with one attached hydrogen (secondary N) is 1. The van der Waals surface area contributed by atoms with E-state index < -0.39 is 10.8 Å². The molecule has 0 aliphatic carbocycles. The van der Waals surface area contributed by atoms with Crippen molar-refractivity contribution in [3.05, 3.63) is 23.9 Å². The van der Waals surface area contributed by atoms with Crippen molar-refractivity contribution in [2.24, 2.45) is 0 Å². The van der Waals surface area contributed by atoms with Crippen LogP contribution in [0.4, 0.5) is 0 Å². The molecule has 1 aromatic heterocycles. The first-order chi connectivity index (χ1) is 7.27. The molecular formula is C11H16N2OS. The zero-order chi connectivity index (χ0) is 10.7. The van der Waals surface area contributed by atoms with Gasteiger partial charge in [-0.1, -0.05) is 6.07 Å². The van der Waals surface area contributed by atoms with Crippen molar-refractivity contribution >= 4 is 10.8 Å². The van der Waals surface area contributed by atoms with Gasteiger partial charge < -0.3 is 5.32 Å². The van der Waals surface area contributed by atoms with E-state index in [2.05, 4.69) is 10.3 Å². The Bertz CT molecular complexity index is 344. The summed E-state index contributed by atoms with van der Waals surface area (Å²) < 4.78 is 12.1. The summed E-state index contributed by atoms with van der Waals surface area (Å²) in [5.74, 6) is 0. The molecule has 1 saturated heterocycles. The van der Waals surface area contributed by atoms with E-state index in [-0.39, 0.29) is 5.25 Å². The van der Waals surface area contributed by atoms with Crippen molar-refractivity contribution in [2.45, 2.75) is 30.0 Å². The number of nitrogens with zero attached hydrogens (tertiary/aromatic N) is 1. The lowest BCUT2D eigenvalue weighted by molar-refractivity contribution is 0.519. The molecule has 1 aromatic rings. The summed E-state index contributed by atoms with van der Waals surface area (Å²) in [5, 5.41) is 4.22. The molecule has 2 heterocycles. The zero-order valence-corrected chi connectivity index (χ0v) is 9.72. The highest BCUT2D eigenvalue weighted by Crippen LogP contribution is 2.15. The first-order valence-corrected chi connectivity index (χ1v) is 6.52. The van der Waals surface area contributed by atoms with E-state index in [1.807, 2.05) is 19.1 Å². The average molecular weight is 224 g/mol. The van der Waals surface area contributed by atoms with E-state index in [0.717, 1.165) is 31.5 Å². The molecule has 2 atom stereocenters. The Morgan fingerprint density at radius 1 is 1.53 bits per heavy atom. The molecule has 1 fully saturated rings. The molecule has 1 aliphatic heterocycles. The Kier molecular flexibility index (Phi) is 3.49. The van der Waals surface area contributed by atoms with Gasteiger partial charge in [0.25, 0.3) is 0 Å². The molecule has 0 amide bonds. The Morgan fingerprint density at radius 2 is 2.40 bits per heavy atom. The Labute approximate surface area is 92.8 Å². The van der Waals surface area contributed by atoms with E-state index in [0.29, 0.717) is 5.03 Å². The van der Waals surface area contributed by atoms with Crippen LogP contribution in [-0.4, -0.2) is 27.5 Å². The van der Waals surface area contributed by atoms with Crippen molar-refractivity contribution in [1.82, 2.24) is 10.3 Å². The fraction of sp³-hybridized carbons (Fsp3) is 0.545. The highest BCUT2D eigenvalue weighted by atomic mass is 32.2. The van der Waals surface area contributed by atoms with Gasteiger partial charge in [-0.2, -0.15) is 0 Å². The monoisotopic (exact) mass is 224 g/mol. The molecule has 0 aromatic carbocycles. The lowest BCUT2D eigenvalue weighted by Gasteiger charge is -2.21. The zero-order valence-electron chi connectivity index (χ0n) is 8.90. The van der Waals surface area contributed by atoms with Crippen LogP contribution in [0.1, 0.15) is 18.4 Å². The summed E-state index contributed by atoms with van der Waals surface area (Å²) in [6, 6.07) is 3.84. The fourth-order valence-electron chi connectivity index (χ4n) is 1.75. The maximum Gasteiger partial charge on any atom is 0.127 e. The second-order valence-electron chi connectivity index (χ2n) is 3.94.